The van der Waals surface area contributed by atoms with Crippen molar-refractivity contribution in [1.82, 2.24) is 15.1 Å². The second-order valence-corrected chi connectivity index (χ2v) is 5.53. The van der Waals surface area contributed by atoms with Crippen LogP contribution in [0.3, 0.4) is 0 Å². The average Bonchev–Trinajstić information content (AvgIpc) is 3.13. The minimum atomic E-state index is 0.528. The van der Waals surface area contributed by atoms with Crippen LogP contribution in [0, 0.1) is 5.92 Å². The van der Waals surface area contributed by atoms with Gasteiger partial charge >= 0.3 is 0 Å². The average molecular weight is 280 g/mol. The van der Waals surface area contributed by atoms with Crippen LogP contribution in [0.15, 0.2) is 41.3 Å². The van der Waals surface area contributed by atoms with E-state index >= 15 is 0 Å². The predicted molar refractivity (Wildman–Crippen MR) is 80.0 cm³/mol. The Kier molecular flexibility index (Phi) is 3.03. The number of hydrogen-bond donors (Lipinski definition) is 1. The van der Waals surface area contributed by atoms with Crippen LogP contribution in [0.4, 0.5) is 5.82 Å². The molecule has 5 nitrogen and oxygen atoms in total. The van der Waals surface area contributed by atoms with Crippen LogP contribution in [-0.2, 0) is 12.8 Å². The maximum absolute atomic E-state index is 5.04. The van der Waals surface area contributed by atoms with E-state index in [1.165, 1.54) is 30.3 Å². The molecule has 2 heterocycles. The second kappa shape index (κ2) is 5.16. The number of nitrogens with one attached hydrogen (secondary N) is 1. The molecule has 0 radical (unpaired) electrons. The molecule has 0 atom stereocenters. The minimum absolute atomic E-state index is 0.528. The fourth-order valence-corrected chi connectivity index (χ4v) is 3.09. The molecule has 4 rings (SSSR count). The quantitative estimate of drug-likeness (QED) is 0.796. The Morgan fingerprint density at radius 3 is 2.76 bits per heavy atom. The zero-order chi connectivity index (χ0) is 14.1. The first-order chi connectivity index (χ1) is 10.4. The third-order valence-corrected chi connectivity index (χ3v) is 4.15. The smallest absolute Gasteiger partial charge is 0.262 e. The molecule has 0 unspecified atom stereocenters. The molecule has 5 heteroatoms. The summed E-state index contributed by atoms with van der Waals surface area (Å²) in [5.74, 6) is 1.52. The Bertz CT molecular complexity index is 743. The van der Waals surface area contributed by atoms with Gasteiger partial charge in [-0.25, -0.2) is 4.98 Å². The normalized spacial score (nSPS) is 14.5. The molecular formula is C16H16N4O. The van der Waals surface area contributed by atoms with Gasteiger partial charge in [-0.05, 0) is 36.3 Å². The van der Waals surface area contributed by atoms with Crippen molar-refractivity contribution in [3.63, 3.8) is 0 Å². The van der Waals surface area contributed by atoms with Gasteiger partial charge in [0, 0.05) is 6.54 Å². The summed E-state index contributed by atoms with van der Waals surface area (Å²) in [6.07, 6.45) is 6.66. The van der Waals surface area contributed by atoms with E-state index in [1.807, 2.05) is 0 Å². The van der Waals surface area contributed by atoms with Crippen molar-refractivity contribution in [3.05, 3.63) is 47.9 Å². The molecule has 2 aromatic heterocycles. The fraction of sp³-hybridized carbons (Fsp3) is 0.312. The second-order valence-electron chi connectivity index (χ2n) is 5.53. The molecule has 106 valence electrons. The molecule has 1 aliphatic carbocycles. The molecule has 0 fully saturated rings. The Balaban J connectivity index is 1.38. The number of fused-ring (bicyclic) bond motifs is 2. The van der Waals surface area contributed by atoms with Crippen molar-refractivity contribution in [2.24, 2.45) is 5.92 Å². The molecule has 21 heavy (non-hydrogen) atoms. The van der Waals surface area contributed by atoms with Gasteiger partial charge < -0.3 is 9.84 Å². The molecule has 1 aromatic carbocycles. The van der Waals surface area contributed by atoms with Gasteiger partial charge in [0.2, 0.25) is 0 Å². The third kappa shape index (κ3) is 2.35. The highest BCUT2D eigenvalue weighted by Crippen LogP contribution is 2.28. The van der Waals surface area contributed by atoms with Gasteiger partial charge in [0.15, 0.2) is 0 Å². The third-order valence-electron chi connectivity index (χ3n) is 4.15. The first kappa shape index (κ1) is 12.3. The molecule has 0 saturated heterocycles. The number of nitrogens with zero attached hydrogens (tertiary/aromatic N) is 3. The standard InChI is InChI=1S/C16H16N4O/c1-2-4-13-8-11(7-12(13)3-1)5-6-17-15-14-9-20-21-16(14)19-10-18-15/h1-4,9-11H,5-8H2,(H,17,18,19). The number of aromatic nitrogens is 3. The largest absolute Gasteiger partial charge is 0.369 e. The lowest BCUT2D eigenvalue weighted by Gasteiger charge is -2.10. The Hall–Kier alpha value is -2.43. The SMILES string of the molecule is c1ccc2c(c1)CC(CCNc1ncnc3oncc13)C2. The van der Waals surface area contributed by atoms with E-state index < -0.39 is 0 Å². The van der Waals surface area contributed by atoms with Gasteiger partial charge in [0.1, 0.15) is 17.5 Å². The maximum atomic E-state index is 5.04. The van der Waals surface area contributed by atoms with Gasteiger partial charge in [0.25, 0.3) is 5.71 Å². The number of anilines is 1. The minimum Gasteiger partial charge on any atom is -0.369 e. The molecule has 1 N–H and O–H groups in total. The van der Waals surface area contributed by atoms with E-state index in [1.54, 1.807) is 6.20 Å². The monoisotopic (exact) mass is 280 g/mol. The van der Waals surface area contributed by atoms with Crippen LogP contribution in [0.25, 0.3) is 11.1 Å². The van der Waals surface area contributed by atoms with Gasteiger partial charge in [-0.15, -0.1) is 0 Å². The van der Waals surface area contributed by atoms with Crippen LogP contribution in [0.1, 0.15) is 17.5 Å². The Morgan fingerprint density at radius 2 is 1.95 bits per heavy atom. The lowest BCUT2D eigenvalue weighted by Crippen LogP contribution is -2.10. The predicted octanol–water partition coefficient (Wildman–Crippen LogP) is 2.83. The van der Waals surface area contributed by atoms with Crippen LogP contribution < -0.4 is 5.32 Å². The molecule has 3 aromatic rings. The summed E-state index contributed by atoms with van der Waals surface area (Å²) >= 11 is 0. The van der Waals surface area contributed by atoms with Crippen molar-refractivity contribution < 1.29 is 4.52 Å². The lowest BCUT2D eigenvalue weighted by molar-refractivity contribution is 0.448. The first-order valence-electron chi connectivity index (χ1n) is 7.26. The lowest BCUT2D eigenvalue weighted by atomic mass is 10.0. The summed E-state index contributed by atoms with van der Waals surface area (Å²) in [6, 6.07) is 8.74. The highest BCUT2D eigenvalue weighted by atomic mass is 16.5. The summed E-state index contributed by atoms with van der Waals surface area (Å²) in [5, 5.41) is 7.97. The molecule has 0 amide bonds. The molecule has 0 spiro atoms. The van der Waals surface area contributed by atoms with Crippen LogP contribution in [0.5, 0.6) is 0 Å². The summed E-state index contributed by atoms with van der Waals surface area (Å²) < 4.78 is 5.04. The van der Waals surface area contributed by atoms with E-state index in [9.17, 15) is 0 Å². The van der Waals surface area contributed by atoms with Crippen LogP contribution >= 0.6 is 0 Å². The van der Waals surface area contributed by atoms with Crippen LogP contribution in [0.2, 0.25) is 0 Å². The molecule has 1 aliphatic rings. The zero-order valence-corrected chi connectivity index (χ0v) is 11.6. The highest BCUT2D eigenvalue weighted by Gasteiger charge is 2.20. The van der Waals surface area contributed by atoms with E-state index in [2.05, 4.69) is 44.7 Å². The number of rotatable bonds is 4. The highest BCUT2D eigenvalue weighted by molar-refractivity contribution is 5.83. The fourth-order valence-electron chi connectivity index (χ4n) is 3.09. The number of hydrogen-bond acceptors (Lipinski definition) is 5. The van der Waals surface area contributed by atoms with Gasteiger partial charge in [-0.3, -0.25) is 0 Å². The summed E-state index contributed by atoms with van der Waals surface area (Å²) in [6.45, 7) is 0.899. The molecule has 0 saturated carbocycles. The molecule has 0 bridgehead atoms. The van der Waals surface area contributed by atoms with Crippen molar-refractivity contribution >= 4 is 16.9 Å². The summed E-state index contributed by atoms with van der Waals surface area (Å²) in [5.41, 5.74) is 3.54. The zero-order valence-electron chi connectivity index (χ0n) is 11.6. The van der Waals surface area contributed by atoms with Crippen molar-refractivity contribution in [2.45, 2.75) is 19.3 Å². The van der Waals surface area contributed by atoms with E-state index in [4.69, 9.17) is 4.52 Å². The maximum Gasteiger partial charge on any atom is 0.262 e. The Morgan fingerprint density at radius 1 is 1.14 bits per heavy atom. The van der Waals surface area contributed by atoms with Crippen molar-refractivity contribution in [3.8, 4) is 0 Å². The van der Waals surface area contributed by atoms with Gasteiger partial charge in [0.05, 0.1) is 6.20 Å². The Labute approximate surface area is 122 Å². The number of benzene rings is 1. The summed E-state index contributed by atoms with van der Waals surface area (Å²) in [4.78, 5) is 8.29. The van der Waals surface area contributed by atoms with E-state index in [0.29, 0.717) is 5.71 Å². The van der Waals surface area contributed by atoms with Crippen molar-refractivity contribution in [1.29, 1.82) is 0 Å². The molecular weight excluding hydrogens is 264 g/mol. The van der Waals surface area contributed by atoms with E-state index in [-0.39, 0.29) is 0 Å². The summed E-state index contributed by atoms with van der Waals surface area (Å²) in [7, 11) is 0. The van der Waals surface area contributed by atoms with E-state index in [0.717, 1.165) is 30.1 Å². The van der Waals surface area contributed by atoms with Crippen molar-refractivity contribution in [2.75, 3.05) is 11.9 Å². The van der Waals surface area contributed by atoms with Gasteiger partial charge in [-0.2, -0.15) is 4.98 Å². The first-order valence-corrected chi connectivity index (χ1v) is 7.26. The molecule has 0 aliphatic heterocycles. The van der Waals surface area contributed by atoms with Crippen LogP contribution in [-0.4, -0.2) is 21.7 Å². The van der Waals surface area contributed by atoms with Gasteiger partial charge in [-0.1, -0.05) is 29.4 Å². The topological polar surface area (TPSA) is 63.8 Å².